The zero-order valence-electron chi connectivity index (χ0n) is 13.4. The van der Waals surface area contributed by atoms with Crippen LogP contribution in [0.4, 0.5) is 5.69 Å². The van der Waals surface area contributed by atoms with Gasteiger partial charge in [0.05, 0.1) is 0 Å². The van der Waals surface area contributed by atoms with Gasteiger partial charge in [-0.15, -0.1) is 0 Å². The Bertz CT molecular complexity index is 696. The molecule has 0 atom stereocenters. The summed E-state index contributed by atoms with van der Waals surface area (Å²) in [7, 11) is 2.00. The molecule has 0 aliphatic heterocycles. The lowest BCUT2D eigenvalue weighted by Gasteiger charge is -2.16. The van der Waals surface area contributed by atoms with E-state index >= 15 is 0 Å². The Balaban J connectivity index is 1.99. The van der Waals surface area contributed by atoms with Crippen LogP contribution < -0.4 is 16.0 Å². The van der Waals surface area contributed by atoms with E-state index in [-0.39, 0.29) is 5.91 Å². The number of primary amides is 1. The molecule has 3 N–H and O–H groups in total. The summed E-state index contributed by atoms with van der Waals surface area (Å²) in [6.07, 6.45) is 0. The molecule has 120 valence electrons. The lowest BCUT2D eigenvalue weighted by atomic mass is 10.1. The van der Waals surface area contributed by atoms with Crippen LogP contribution in [0.3, 0.4) is 0 Å². The third-order valence-corrected chi connectivity index (χ3v) is 3.71. The SMILES string of the molecule is CCN(C)c1ccc(C(=O)NCc2cccc(C(N)=O)c2)cc1. The van der Waals surface area contributed by atoms with Crippen molar-refractivity contribution in [1.82, 2.24) is 5.32 Å². The van der Waals surface area contributed by atoms with Crippen LogP contribution in [-0.2, 0) is 6.54 Å². The van der Waals surface area contributed by atoms with Crippen LogP contribution in [0.5, 0.6) is 0 Å². The van der Waals surface area contributed by atoms with Gasteiger partial charge in [0, 0.05) is 37.0 Å². The van der Waals surface area contributed by atoms with E-state index in [0.717, 1.165) is 17.8 Å². The summed E-state index contributed by atoms with van der Waals surface area (Å²) < 4.78 is 0. The van der Waals surface area contributed by atoms with Crippen molar-refractivity contribution in [1.29, 1.82) is 0 Å². The summed E-state index contributed by atoms with van der Waals surface area (Å²) in [4.78, 5) is 25.4. The molecule has 5 heteroatoms. The number of amides is 2. The Morgan fingerprint density at radius 3 is 2.39 bits per heavy atom. The average Bonchev–Trinajstić information content (AvgIpc) is 2.59. The summed E-state index contributed by atoms with van der Waals surface area (Å²) in [5, 5.41) is 2.84. The highest BCUT2D eigenvalue weighted by Crippen LogP contribution is 2.13. The fourth-order valence-corrected chi connectivity index (χ4v) is 2.17. The van der Waals surface area contributed by atoms with Gasteiger partial charge in [0.25, 0.3) is 5.91 Å². The maximum atomic E-state index is 12.2. The first-order valence-corrected chi connectivity index (χ1v) is 7.49. The number of carbonyl (C=O) groups excluding carboxylic acids is 2. The van der Waals surface area contributed by atoms with Crippen molar-refractivity contribution in [3.63, 3.8) is 0 Å². The molecule has 0 bridgehead atoms. The van der Waals surface area contributed by atoms with E-state index in [1.807, 2.05) is 25.2 Å². The van der Waals surface area contributed by atoms with Gasteiger partial charge in [-0.05, 0) is 48.9 Å². The number of rotatable bonds is 6. The van der Waals surface area contributed by atoms with E-state index in [4.69, 9.17) is 5.73 Å². The highest BCUT2D eigenvalue weighted by molar-refractivity contribution is 5.95. The zero-order chi connectivity index (χ0) is 16.8. The molecule has 23 heavy (non-hydrogen) atoms. The zero-order valence-corrected chi connectivity index (χ0v) is 13.4. The largest absolute Gasteiger partial charge is 0.375 e. The van der Waals surface area contributed by atoms with Gasteiger partial charge in [-0.3, -0.25) is 9.59 Å². The third-order valence-electron chi connectivity index (χ3n) is 3.71. The van der Waals surface area contributed by atoms with Gasteiger partial charge in [0.15, 0.2) is 0 Å². The monoisotopic (exact) mass is 311 g/mol. The summed E-state index contributed by atoms with van der Waals surface area (Å²) in [5.41, 5.74) is 8.18. The first-order valence-electron chi connectivity index (χ1n) is 7.49. The molecular formula is C18H21N3O2. The van der Waals surface area contributed by atoms with E-state index in [9.17, 15) is 9.59 Å². The Morgan fingerprint density at radius 1 is 1.09 bits per heavy atom. The number of nitrogens with one attached hydrogen (secondary N) is 1. The predicted octanol–water partition coefficient (Wildman–Crippen LogP) is 2.17. The maximum absolute atomic E-state index is 12.2. The van der Waals surface area contributed by atoms with E-state index in [1.54, 1.807) is 30.3 Å². The lowest BCUT2D eigenvalue weighted by Crippen LogP contribution is -2.23. The third kappa shape index (κ3) is 4.32. The lowest BCUT2D eigenvalue weighted by molar-refractivity contribution is 0.0950. The molecule has 0 heterocycles. The summed E-state index contributed by atoms with van der Waals surface area (Å²) in [5.74, 6) is -0.631. The Morgan fingerprint density at radius 2 is 1.78 bits per heavy atom. The van der Waals surface area contributed by atoms with Gasteiger partial charge in [0.1, 0.15) is 0 Å². The molecule has 2 aromatic carbocycles. The highest BCUT2D eigenvalue weighted by atomic mass is 16.2. The van der Waals surface area contributed by atoms with Gasteiger partial charge >= 0.3 is 0 Å². The molecule has 0 saturated heterocycles. The quantitative estimate of drug-likeness (QED) is 0.858. The number of hydrogen-bond acceptors (Lipinski definition) is 3. The molecule has 2 rings (SSSR count). The number of carbonyl (C=O) groups is 2. The van der Waals surface area contributed by atoms with Crippen LogP contribution >= 0.6 is 0 Å². The van der Waals surface area contributed by atoms with Crippen molar-refractivity contribution >= 4 is 17.5 Å². The first kappa shape index (κ1) is 16.5. The molecule has 5 nitrogen and oxygen atoms in total. The van der Waals surface area contributed by atoms with Crippen LogP contribution in [0.2, 0.25) is 0 Å². The maximum Gasteiger partial charge on any atom is 0.251 e. The van der Waals surface area contributed by atoms with Crippen LogP contribution in [0, 0.1) is 0 Å². The van der Waals surface area contributed by atoms with Crippen molar-refractivity contribution in [3.8, 4) is 0 Å². The van der Waals surface area contributed by atoms with E-state index in [2.05, 4.69) is 17.1 Å². The van der Waals surface area contributed by atoms with Crippen LogP contribution in [-0.4, -0.2) is 25.4 Å². The molecule has 0 aliphatic carbocycles. The van der Waals surface area contributed by atoms with E-state index < -0.39 is 5.91 Å². The minimum absolute atomic E-state index is 0.153. The van der Waals surface area contributed by atoms with Crippen molar-refractivity contribution in [2.75, 3.05) is 18.5 Å². The van der Waals surface area contributed by atoms with E-state index in [0.29, 0.717) is 17.7 Å². The smallest absolute Gasteiger partial charge is 0.251 e. The number of hydrogen-bond donors (Lipinski definition) is 2. The van der Waals surface area contributed by atoms with Crippen molar-refractivity contribution < 1.29 is 9.59 Å². The molecule has 0 aromatic heterocycles. The molecule has 0 radical (unpaired) electrons. The molecule has 0 fully saturated rings. The van der Waals surface area contributed by atoms with E-state index in [1.165, 1.54) is 0 Å². The summed E-state index contributed by atoms with van der Waals surface area (Å²) in [6.45, 7) is 3.32. The summed E-state index contributed by atoms with van der Waals surface area (Å²) >= 11 is 0. The van der Waals surface area contributed by atoms with Gasteiger partial charge in [-0.1, -0.05) is 12.1 Å². The van der Waals surface area contributed by atoms with Crippen LogP contribution in [0.15, 0.2) is 48.5 Å². The number of nitrogens with two attached hydrogens (primary N) is 1. The first-order chi connectivity index (χ1) is 11.0. The fourth-order valence-electron chi connectivity index (χ4n) is 2.17. The molecule has 0 aliphatic rings. The van der Waals surface area contributed by atoms with Crippen LogP contribution in [0.1, 0.15) is 33.2 Å². The van der Waals surface area contributed by atoms with Crippen molar-refractivity contribution in [3.05, 3.63) is 65.2 Å². The van der Waals surface area contributed by atoms with Crippen LogP contribution in [0.25, 0.3) is 0 Å². The second-order valence-electron chi connectivity index (χ2n) is 5.31. The Kier molecular flexibility index (Phi) is 5.36. The standard InChI is InChI=1S/C18H21N3O2/c1-3-21(2)16-9-7-14(8-10-16)18(23)20-12-13-5-4-6-15(11-13)17(19)22/h4-11H,3,12H2,1-2H3,(H2,19,22)(H,20,23). The van der Waals surface area contributed by atoms with Crippen molar-refractivity contribution in [2.24, 2.45) is 5.73 Å². The van der Waals surface area contributed by atoms with Gasteiger partial charge in [-0.25, -0.2) is 0 Å². The second-order valence-corrected chi connectivity index (χ2v) is 5.31. The highest BCUT2D eigenvalue weighted by Gasteiger charge is 2.07. The second kappa shape index (κ2) is 7.45. The molecule has 0 unspecified atom stereocenters. The minimum atomic E-state index is -0.478. The van der Waals surface area contributed by atoms with Gasteiger partial charge < -0.3 is 16.0 Å². The number of anilines is 1. The number of benzene rings is 2. The molecule has 2 amide bonds. The fraction of sp³-hybridized carbons (Fsp3) is 0.222. The molecule has 0 spiro atoms. The van der Waals surface area contributed by atoms with Gasteiger partial charge in [0.2, 0.25) is 5.91 Å². The number of nitrogens with zero attached hydrogens (tertiary/aromatic N) is 1. The van der Waals surface area contributed by atoms with Gasteiger partial charge in [-0.2, -0.15) is 0 Å². The summed E-state index contributed by atoms with van der Waals surface area (Å²) in [6, 6.07) is 14.4. The minimum Gasteiger partial charge on any atom is -0.375 e. The normalized spacial score (nSPS) is 10.2. The Labute approximate surface area is 136 Å². The average molecular weight is 311 g/mol. The topological polar surface area (TPSA) is 75.4 Å². The molecule has 2 aromatic rings. The Hall–Kier alpha value is -2.82. The molecular weight excluding hydrogens is 290 g/mol. The molecule has 0 saturated carbocycles. The predicted molar refractivity (Wildman–Crippen MR) is 91.5 cm³/mol. The van der Waals surface area contributed by atoms with Crippen molar-refractivity contribution in [2.45, 2.75) is 13.5 Å².